The molecule has 2 aliphatic heterocycles. The van der Waals surface area contributed by atoms with Gasteiger partial charge in [0.05, 0.1) is 0 Å². The summed E-state index contributed by atoms with van der Waals surface area (Å²) in [5, 5.41) is 3.66. The van der Waals surface area contributed by atoms with E-state index in [2.05, 4.69) is 17.1 Å². The van der Waals surface area contributed by atoms with Gasteiger partial charge in [-0.1, -0.05) is 13.3 Å². The van der Waals surface area contributed by atoms with Crippen molar-refractivity contribution in [2.75, 3.05) is 39.4 Å². The second kappa shape index (κ2) is 6.58. The van der Waals surface area contributed by atoms with Crippen LogP contribution in [0.2, 0.25) is 0 Å². The lowest BCUT2D eigenvalue weighted by atomic mass is 10.1. The summed E-state index contributed by atoms with van der Waals surface area (Å²) in [5.41, 5.74) is 0. The van der Waals surface area contributed by atoms with E-state index in [0.29, 0.717) is 6.04 Å². The third kappa shape index (κ3) is 3.72. The first-order valence-electron chi connectivity index (χ1n) is 6.92. The molecule has 94 valence electrons. The van der Waals surface area contributed by atoms with Crippen LogP contribution in [0.25, 0.3) is 0 Å². The van der Waals surface area contributed by atoms with Crippen molar-refractivity contribution in [3.63, 3.8) is 0 Å². The van der Waals surface area contributed by atoms with Gasteiger partial charge in [-0.2, -0.15) is 0 Å². The summed E-state index contributed by atoms with van der Waals surface area (Å²) < 4.78 is 5.36. The molecule has 0 amide bonds. The first kappa shape index (κ1) is 12.3. The van der Waals surface area contributed by atoms with Crippen LogP contribution >= 0.6 is 0 Å². The van der Waals surface area contributed by atoms with E-state index in [9.17, 15) is 0 Å². The zero-order valence-electron chi connectivity index (χ0n) is 10.6. The number of ether oxygens (including phenoxy) is 1. The average Bonchev–Trinajstić information content (AvgIpc) is 2.78. The summed E-state index contributed by atoms with van der Waals surface area (Å²) in [6, 6.07) is 0.707. The summed E-state index contributed by atoms with van der Waals surface area (Å²) in [7, 11) is 0. The largest absolute Gasteiger partial charge is 0.381 e. The summed E-state index contributed by atoms with van der Waals surface area (Å²) in [6.07, 6.45) is 5.15. The van der Waals surface area contributed by atoms with Crippen LogP contribution in [0.4, 0.5) is 0 Å². The van der Waals surface area contributed by atoms with Crippen LogP contribution in [0.5, 0.6) is 0 Å². The minimum Gasteiger partial charge on any atom is -0.381 e. The molecule has 16 heavy (non-hydrogen) atoms. The van der Waals surface area contributed by atoms with Gasteiger partial charge in [0.1, 0.15) is 0 Å². The highest BCUT2D eigenvalue weighted by Crippen LogP contribution is 2.18. The Labute approximate surface area is 99.5 Å². The molecule has 2 aliphatic rings. The fourth-order valence-corrected chi connectivity index (χ4v) is 2.78. The predicted octanol–water partition coefficient (Wildman–Crippen LogP) is 1.49. The second-order valence-corrected chi connectivity index (χ2v) is 5.20. The fraction of sp³-hybridized carbons (Fsp3) is 1.00. The van der Waals surface area contributed by atoms with Crippen LogP contribution in [0.15, 0.2) is 0 Å². The minimum absolute atomic E-state index is 0.707. The molecule has 1 unspecified atom stereocenters. The molecule has 2 fully saturated rings. The van der Waals surface area contributed by atoms with Crippen LogP contribution in [-0.2, 0) is 4.74 Å². The quantitative estimate of drug-likeness (QED) is 0.768. The maximum Gasteiger partial charge on any atom is 0.0480 e. The minimum atomic E-state index is 0.707. The van der Waals surface area contributed by atoms with E-state index in [4.69, 9.17) is 4.74 Å². The molecule has 0 bridgehead atoms. The number of nitrogens with one attached hydrogen (secondary N) is 1. The molecular weight excluding hydrogens is 200 g/mol. The monoisotopic (exact) mass is 226 g/mol. The molecule has 0 radical (unpaired) electrons. The Balaban J connectivity index is 1.54. The van der Waals surface area contributed by atoms with Gasteiger partial charge in [-0.15, -0.1) is 0 Å². The molecular formula is C13H26N2O. The maximum absolute atomic E-state index is 5.36. The predicted molar refractivity (Wildman–Crippen MR) is 66.7 cm³/mol. The molecule has 0 aliphatic carbocycles. The van der Waals surface area contributed by atoms with Gasteiger partial charge in [0, 0.05) is 38.9 Å². The lowest BCUT2D eigenvalue weighted by Gasteiger charge is -2.24. The lowest BCUT2D eigenvalue weighted by molar-refractivity contribution is 0.0774. The van der Waals surface area contributed by atoms with Crippen molar-refractivity contribution in [3.8, 4) is 0 Å². The normalized spacial score (nSPS) is 28.7. The van der Waals surface area contributed by atoms with Gasteiger partial charge in [-0.25, -0.2) is 0 Å². The Morgan fingerprint density at radius 3 is 2.75 bits per heavy atom. The molecule has 2 saturated heterocycles. The number of hydrogen-bond acceptors (Lipinski definition) is 3. The van der Waals surface area contributed by atoms with Crippen molar-refractivity contribution in [3.05, 3.63) is 0 Å². The van der Waals surface area contributed by atoms with E-state index in [0.717, 1.165) is 25.7 Å². The van der Waals surface area contributed by atoms with Gasteiger partial charge in [0.15, 0.2) is 0 Å². The van der Waals surface area contributed by atoms with Crippen LogP contribution in [0.3, 0.4) is 0 Å². The highest BCUT2D eigenvalue weighted by atomic mass is 16.5. The van der Waals surface area contributed by atoms with E-state index in [-0.39, 0.29) is 0 Å². The molecule has 0 saturated carbocycles. The van der Waals surface area contributed by atoms with Crippen molar-refractivity contribution < 1.29 is 4.74 Å². The van der Waals surface area contributed by atoms with Crippen molar-refractivity contribution in [2.24, 2.45) is 5.92 Å². The van der Waals surface area contributed by atoms with Crippen LogP contribution in [-0.4, -0.2) is 50.3 Å². The van der Waals surface area contributed by atoms with Crippen molar-refractivity contribution >= 4 is 0 Å². The zero-order chi connectivity index (χ0) is 11.2. The summed E-state index contributed by atoms with van der Waals surface area (Å²) in [4.78, 5) is 2.61. The fourth-order valence-electron chi connectivity index (χ4n) is 2.78. The van der Waals surface area contributed by atoms with Gasteiger partial charge in [0.2, 0.25) is 0 Å². The van der Waals surface area contributed by atoms with E-state index in [1.165, 1.54) is 45.3 Å². The Morgan fingerprint density at radius 1 is 1.25 bits per heavy atom. The number of rotatable bonds is 5. The van der Waals surface area contributed by atoms with Gasteiger partial charge in [-0.3, -0.25) is 0 Å². The smallest absolute Gasteiger partial charge is 0.0480 e. The van der Waals surface area contributed by atoms with Gasteiger partial charge >= 0.3 is 0 Å². The lowest BCUT2D eigenvalue weighted by Crippen LogP contribution is -2.39. The Morgan fingerprint density at radius 2 is 2.06 bits per heavy atom. The SMILES string of the molecule is CCC1CCN(CCNC2CCOCC2)C1. The second-order valence-electron chi connectivity index (χ2n) is 5.20. The Hall–Kier alpha value is -0.120. The highest BCUT2D eigenvalue weighted by molar-refractivity contribution is 4.76. The first-order chi connectivity index (χ1) is 7.88. The summed E-state index contributed by atoms with van der Waals surface area (Å²) >= 11 is 0. The molecule has 1 N–H and O–H groups in total. The molecule has 1 atom stereocenters. The molecule has 3 nitrogen and oxygen atoms in total. The number of hydrogen-bond donors (Lipinski definition) is 1. The third-order valence-electron chi connectivity index (χ3n) is 4.03. The first-order valence-corrected chi connectivity index (χ1v) is 6.92. The Bertz CT molecular complexity index is 192. The van der Waals surface area contributed by atoms with Crippen molar-refractivity contribution in [1.29, 1.82) is 0 Å². The molecule has 2 heterocycles. The molecule has 0 aromatic rings. The summed E-state index contributed by atoms with van der Waals surface area (Å²) in [5.74, 6) is 0.961. The number of nitrogens with zero attached hydrogens (tertiary/aromatic N) is 1. The number of likely N-dealkylation sites (tertiary alicyclic amines) is 1. The molecule has 0 spiro atoms. The summed E-state index contributed by atoms with van der Waals surface area (Å²) in [6.45, 7) is 9.22. The van der Waals surface area contributed by atoms with Crippen LogP contribution < -0.4 is 5.32 Å². The molecule has 0 aromatic heterocycles. The van der Waals surface area contributed by atoms with Crippen molar-refractivity contribution in [2.45, 2.75) is 38.6 Å². The average molecular weight is 226 g/mol. The van der Waals surface area contributed by atoms with E-state index in [1.807, 2.05) is 0 Å². The van der Waals surface area contributed by atoms with E-state index in [1.54, 1.807) is 0 Å². The topological polar surface area (TPSA) is 24.5 Å². The van der Waals surface area contributed by atoms with Crippen molar-refractivity contribution in [1.82, 2.24) is 10.2 Å². The zero-order valence-corrected chi connectivity index (χ0v) is 10.6. The van der Waals surface area contributed by atoms with E-state index < -0.39 is 0 Å². The third-order valence-corrected chi connectivity index (χ3v) is 4.03. The van der Waals surface area contributed by atoms with E-state index >= 15 is 0 Å². The van der Waals surface area contributed by atoms with Crippen LogP contribution in [0, 0.1) is 5.92 Å². The maximum atomic E-state index is 5.36. The Kier molecular flexibility index (Phi) is 5.07. The molecule has 0 aromatic carbocycles. The van der Waals surface area contributed by atoms with Gasteiger partial charge < -0.3 is 15.0 Å². The molecule has 2 rings (SSSR count). The van der Waals surface area contributed by atoms with Crippen LogP contribution in [0.1, 0.15) is 32.6 Å². The van der Waals surface area contributed by atoms with Gasteiger partial charge in [0.25, 0.3) is 0 Å². The van der Waals surface area contributed by atoms with Gasteiger partial charge in [-0.05, 0) is 31.7 Å². The standard InChI is InChI=1S/C13H26N2O/c1-2-12-3-7-15(11-12)8-6-14-13-4-9-16-10-5-13/h12-14H,2-11H2,1H3. The highest BCUT2D eigenvalue weighted by Gasteiger charge is 2.20. The molecule has 3 heteroatoms.